The minimum Gasteiger partial charge on any atom is -0.339 e. The third-order valence-electron chi connectivity index (χ3n) is 4.66. The molecule has 1 rings (SSSR count). The van der Waals surface area contributed by atoms with E-state index < -0.39 is 5.03 Å². The van der Waals surface area contributed by atoms with E-state index in [4.69, 9.17) is 11.6 Å². The maximum absolute atomic E-state index is 10.6. The number of rotatable bonds is 16. The number of hydrogen-bond acceptors (Lipinski definition) is 3. The first-order chi connectivity index (χ1) is 12.1. The van der Waals surface area contributed by atoms with Crippen LogP contribution < -0.4 is 0 Å². The Balaban J connectivity index is 1.88. The summed E-state index contributed by atoms with van der Waals surface area (Å²) in [6.07, 6.45) is 20.4. The highest BCUT2D eigenvalue weighted by Crippen LogP contribution is 2.17. The van der Waals surface area contributed by atoms with Crippen LogP contribution in [-0.2, 0) is 6.42 Å². The van der Waals surface area contributed by atoms with Gasteiger partial charge in [0.15, 0.2) is 5.69 Å². The Kier molecular flexibility index (Phi) is 12.4. The zero-order chi connectivity index (χ0) is 18.3. The van der Waals surface area contributed by atoms with Crippen LogP contribution >= 0.6 is 11.6 Å². The molecule has 0 unspecified atom stereocenters. The van der Waals surface area contributed by atoms with Crippen molar-refractivity contribution in [1.29, 1.82) is 0 Å². The summed E-state index contributed by atoms with van der Waals surface area (Å²) in [5, 5.41) is 14.3. The Bertz CT molecular complexity index is 477. The Morgan fingerprint density at radius 1 is 0.920 bits per heavy atom. The van der Waals surface area contributed by atoms with Crippen LogP contribution in [0.4, 0.5) is 0 Å². The molecule has 144 valence electrons. The number of aromatic nitrogens is 2. The van der Waals surface area contributed by atoms with E-state index in [9.17, 15) is 10.1 Å². The van der Waals surface area contributed by atoms with Crippen LogP contribution in [0.3, 0.4) is 0 Å². The molecule has 0 saturated carbocycles. The summed E-state index contributed by atoms with van der Waals surface area (Å²) in [4.78, 5) is 11.3. The molecule has 0 aliphatic rings. The van der Waals surface area contributed by atoms with Gasteiger partial charge in [-0.05, 0) is 6.42 Å². The van der Waals surface area contributed by atoms with E-state index in [1.807, 2.05) is 0 Å². The van der Waals surface area contributed by atoms with Crippen molar-refractivity contribution in [3.63, 3.8) is 0 Å². The molecule has 0 spiro atoms. The summed E-state index contributed by atoms with van der Waals surface area (Å²) >= 11 is 5.96. The molecule has 0 aromatic carbocycles. The zero-order valence-corrected chi connectivity index (χ0v) is 16.5. The second-order valence-corrected chi connectivity index (χ2v) is 7.34. The molecule has 1 aromatic heterocycles. The van der Waals surface area contributed by atoms with Gasteiger partial charge in [-0.1, -0.05) is 102 Å². The molecule has 0 bridgehead atoms. The average molecular weight is 372 g/mol. The Hall–Kier alpha value is -1.10. The molecule has 0 radical (unpaired) electrons. The van der Waals surface area contributed by atoms with Gasteiger partial charge < -0.3 is 10.1 Å². The van der Waals surface area contributed by atoms with Crippen molar-refractivity contribution in [1.82, 2.24) is 9.89 Å². The van der Waals surface area contributed by atoms with Crippen LogP contribution in [0.15, 0.2) is 6.20 Å². The van der Waals surface area contributed by atoms with E-state index in [1.54, 1.807) is 0 Å². The maximum atomic E-state index is 10.6. The van der Waals surface area contributed by atoms with E-state index in [0.29, 0.717) is 15.5 Å². The van der Waals surface area contributed by atoms with Crippen molar-refractivity contribution in [2.45, 2.75) is 103 Å². The predicted molar refractivity (Wildman–Crippen MR) is 104 cm³/mol. The molecule has 0 saturated heterocycles. The van der Waals surface area contributed by atoms with Crippen molar-refractivity contribution in [2.75, 3.05) is 0 Å². The van der Waals surface area contributed by atoms with Crippen LogP contribution in [0, 0.1) is 10.1 Å². The summed E-state index contributed by atoms with van der Waals surface area (Å²) in [5.74, 6) is 0. The lowest BCUT2D eigenvalue weighted by molar-refractivity contribution is -0.552. The quantitative estimate of drug-likeness (QED) is 0.187. The van der Waals surface area contributed by atoms with Gasteiger partial charge in [0.2, 0.25) is 0 Å². The van der Waals surface area contributed by atoms with Crippen LogP contribution in [-0.4, -0.2) is 14.9 Å². The van der Waals surface area contributed by atoms with Crippen LogP contribution in [0.2, 0.25) is 5.02 Å². The molecule has 25 heavy (non-hydrogen) atoms. The molecular weight excluding hydrogens is 338 g/mol. The van der Waals surface area contributed by atoms with Gasteiger partial charge in [-0.3, -0.25) is 0 Å². The molecule has 0 fully saturated rings. The molecule has 0 amide bonds. The smallest absolute Gasteiger partial charge is 0.198 e. The highest BCUT2D eigenvalue weighted by atomic mass is 35.5. The zero-order valence-electron chi connectivity index (χ0n) is 15.7. The number of halogens is 1. The van der Waals surface area contributed by atoms with Crippen molar-refractivity contribution >= 4 is 11.6 Å². The highest BCUT2D eigenvalue weighted by Gasteiger charge is 2.15. The van der Waals surface area contributed by atoms with E-state index in [2.05, 4.69) is 12.0 Å². The van der Waals surface area contributed by atoms with Gasteiger partial charge >= 0.3 is 0 Å². The first kappa shape index (κ1) is 21.9. The Morgan fingerprint density at radius 3 is 1.76 bits per heavy atom. The van der Waals surface area contributed by atoms with Gasteiger partial charge in [-0.25, -0.2) is 0 Å². The molecule has 6 heteroatoms. The van der Waals surface area contributed by atoms with Crippen LogP contribution in [0.25, 0.3) is 0 Å². The lowest BCUT2D eigenvalue weighted by atomic mass is 10.0. The van der Waals surface area contributed by atoms with Crippen molar-refractivity contribution in [3.05, 3.63) is 27.0 Å². The molecule has 5 nitrogen and oxygen atoms in total. The van der Waals surface area contributed by atoms with Gasteiger partial charge in [-0.2, -0.15) is 0 Å². The minimum atomic E-state index is -0.569. The van der Waals surface area contributed by atoms with Crippen LogP contribution in [0.1, 0.15) is 103 Å². The van der Waals surface area contributed by atoms with E-state index in [-0.39, 0.29) is 0 Å². The van der Waals surface area contributed by atoms with Crippen molar-refractivity contribution in [3.8, 4) is 0 Å². The van der Waals surface area contributed by atoms with E-state index in [0.717, 1.165) is 19.3 Å². The molecule has 0 aliphatic heterocycles. The number of nitro groups is 1. The lowest BCUT2D eigenvalue weighted by Crippen LogP contribution is -2.09. The van der Waals surface area contributed by atoms with E-state index >= 15 is 0 Å². The fourth-order valence-corrected chi connectivity index (χ4v) is 3.34. The number of hydrogen-bond donors (Lipinski definition) is 0. The van der Waals surface area contributed by atoms with Gasteiger partial charge in [-0.15, -0.1) is 0 Å². The maximum Gasteiger partial charge on any atom is 0.198 e. The number of unbranched alkanes of at least 4 members (excludes halogenated alkanes) is 13. The van der Waals surface area contributed by atoms with Crippen LogP contribution in [0.5, 0.6) is 0 Å². The highest BCUT2D eigenvalue weighted by molar-refractivity contribution is 6.31. The fraction of sp³-hybridized carbons (Fsp3) is 0.842. The van der Waals surface area contributed by atoms with Crippen molar-refractivity contribution in [2.24, 2.45) is 0 Å². The van der Waals surface area contributed by atoms with E-state index in [1.165, 1.54) is 83.2 Å². The summed E-state index contributed by atoms with van der Waals surface area (Å²) in [5.41, 5.74) is 0.636. The first-order valence-electron chi connectivity index (χ1n) is 10.0. The average Bonchev–Trinajstić information content (AvgIpc) is 2.96. The summed E-state index contributed by atoms with van der Waals surface area (Å²) < 4.78 is 0. The SMILES string of the molecule is CCCCCCCCCCCCCCCCc1nn([N+](=O)[O-])cc1Cl. The van der Waals surface area contributed by atoms with Gasteiger partial charge in [0.05, 0.1) is 5.03 Å². The van der Waals surface area contributed by atoms with Gasteiger partial charge in [0, 0.05) is 16.3 Å². The summed E-state index contributed by atoms with van der Waals surface area (Å²) in [7, 11) is 0. The van der Waals surface area contributed by atoms with Crippen molar-refractivity contribution < 1.29 is 5.03 Å². The second-order valence-electron chi connectivity index (χ2n) is 6.93. The monoisotopic (exact) mass is 371 g/mol. The molecule has 0 atom stereocenters. The Labute approximate surface area is 157 Å². The minimum absolute atomic E-state index is 0.395. The largest absolute Gasteiger partial charge is 0.339 e. The lowest BCUT2D eigenvalue weighted by Gasteiger charge is -2.02. The first-order valence-corrected chi connectivity index (χ1v) is 10.4. The second kappa shape index (κ2) is 14.1. The number of aryl methyl sites for hydroxylation is 1. The standard InChI is InChI=1S/C19H34ClN3O2/c1-2-3-4-5-6-7-8-9-10-11-12-13-14-15-16-19-18(20)17-22(21-19)23(24)25/h17H,2-16H2,1H3. The van der Waals surface area contributed by atoms with Gasteiger partial charge in [0.1, 0.15) is 11.2 Å². The Morgan fingerprint density at radius 2 is 1.36 bits per heavy atom. The molecule has 0 aliphatic carbocycles. The summed E-state index contributed by atoms with van der Waals surface area (Å²) in [6, 6.07) is 0. The molecule has 1 heterocycles. The third kappa shape index (κ3) is 10.5. The number of nitrogens with zero attached hydrogens (tertiary/aromatic N) is 3. The third-order valence-corrected chi connectivity index (χ3v) is 4.98. The molecular formula is C19H34ClN3O2. The molecule has 1 aromatic rings. The normalized spacial score (nSPS) is 11.1. The fourth-order valence-electron chi connectivity index (χ4n) is 3.12. The molecule has 0 N–H and O–H groups in total. The van der Waals surface area contributed by atoms with Gasteiger partial charge in [0.25, 0.3) is 0 Å². The topological polar surface area (TPSA) is 61.0 Å². The summed E-state index contributed by atoms with van der Waals surface area (Å²) in [6.45, 7) is 2.26. The predicted octanol–water partition coefficient (Wildman–Crippen LogP) is 6.60.